The Labute approximate surface area is 135 Å². The summed E-state index contributed by atoms with van der Waals surface area (Å²) in [6.45, 7) is 4.86. The van der Waals surface area contributed by atoms with Crippen molar-refractivity contribution < 1.29 is 4.39 Å². The summed E-state index contributed by atoms with van der Waals surface area (Å²) in [6.07, 6.45) is 0.657. The van der Waals surface area contributed by atoms with E-state index in [1.807, 2.05) is 38.1 Å². The summed E-state index contributed by atoms with van der Waals surface area (Å²) in [6, 6.07) is 11.0. The van der Waals surface area contributed by atoms with Crippen LogP contribution in [0.25, 0.3) is 0 Å². The minimum Gasteiger partial charge on any atom is -0.310 e. The molecule has 0 spiro atoms. The Kier molecular flexibility index (Phi) is 5.63. The Morgan fingerprint density at radius 2 is 1.86 bits per heavy atom. The number of nitrogens with one attached hydrogen (secondary N) is 1. The van der Waals surface area contributed by atoms with Gasteiger partial charge in [0.2, 0.25) is 0 Å². The third-order valence-corrected chi connectivity index (χ3v) is 4.04. The lowest BCUT2D eigenvalue weighted by Crippen LogP contribution is -2.23. The van der Waals surface area contributed by atoms with Gasteiger partial charge in [-0.05, 0) is 54.8 Å². The summed E-state index contributed by atoms with van der Waals surface area (Å²) in [7, 11) is 0. The minimum atomic E-state index is -0.389. The standard InChI is InChI=1S/C17H18Cl2FN/c1-3-21-17(13-6-4-11(2)8-15(13)19)10-12-5-7-14(18)16(20)9-12/h4-9,17,21H,3,10H2,1-2H3. The van der Waals surface area contributed by atoms with Gasteiger partial charge in [-0.15, -0.1) is 0 Å². The van der Waals surface area contributed by atoms with E-state index >= 15 is 0 Å². The zero-order valence-electron chi connectivity index (χ0n) is 12.1. The molecule has 0 bridgehead atoms. The van der Waals surface area contributed by atoms with E-state index < -0.39 is 0 Å². The van der Waals surface area contributed by atoms with Crippen molar-refractivity contribution in [1.29, 1.82) is 0 Å². The third kappa shape index (κ3) is 4.19. The van der Waals surface area contributed by atoms with Crippen molar-refractivity contribution in [3.05, 3.63) is 69.0 Å². The lowest BCUT2D eigenvalue weighted by atomic mass is 9.97. The average Bonchev–Trinajstić information content (AvgIpc) is 2.42. The molecule has 0 aliphatic heterocycles. The molecule has 2 aromatic carbocycles. The molecule has 1 atom stereocenters. The Balaban J connectivity index is 2.28. The Morgan fingerprint density at radius 3 is 2.48 bits per heavy atom. The van der Waals surface area contributed by atoms with Crippen molar-refractivity contribution in [2.24, 2.45) is 0 Å². The molecule has 112 valence electrons. The molecule has 0 heterocycles. The first kappa shape index (κ1) is 16.3. The number of benzene rings is 2. The Bertz CT molecular complexity index is 628. The van der Waals surface area contributed by atoms with Crippen molar-refractivity contribution in [1.82, 2.24) is 5.32 Å². The first-order chi connectivity index (χ1) is 10.0. The molecule has 2 aromatic rings. The third-order valence-electron chi connectivity index (χ3n) is 3.41. The van der Waals surface area contributed by atoms with Crippen LogP contribution in [-0.2, 0) is 6.42 Å². The van der Waals surface area contributed by atoms with E-state index in [1.54, 1.807) is 6.07 Å². The number of likely N-dealkylation sites (N-methyl/N-ethyl adjacent to an activating group) is 1. The fraction of sp³-hybridized carbons (Fsp3) is 0.294. The summed E-state index contributed by atoms with van der Waals surface area (Å²) in [4.78, 5) is 0. The van der Waals surface area contributed by atoms with E-state index in [2.05, 4.69) is 5.32 Å². The van der Waals surface area contributed by atoms with E-state index in [-0.39, 0.29) is 16.9 Å². The predicted molar refractivity (Wildman–Crippen MR) is 87.7 cm³/mol. The van der Waals surface area contributed by atoms with Gasteiger partial charge < -0.3 is 5.32 Å². The van der Waals surface area contributed by atoms with Crippen molar-refractivity contribution in [2.45, 2.75) is 26.3 Å². The molecule has 1 N–H and O–H groups in total. The molecule has 0 saturated carbocycles. The maximum Gasteiger partial charge on any atom is 0.142 e. The van der Waals surface area contributed by atoms with Gasteiger partial charge >= 0.3 is 0 Å². The molecule has 1 unspecified atom stereocenters. The van der Waals surface area contributed by atoms with Gasteiger partial charge in [0.1, 0.15) is 5.82 Å². The molecule has 0 aliphatic carbocycles. The molecule has 0 aromatic heterocycles. The molecule has 0 saturated heterocycles. The quantitative estimate of drug-likeness (QED) is 0.782. The van der Waals surface area contributed by atoms with E-state index in [0.717, 1.165) is 28.3 Å². The second-order valence-corrected chi connectivity index (χ2v) is 5.90. The summed E-state index contributed by atoms with van der Waals surface area (Å²) in [5, 5.41) is 4.28. The Hall–Kier alpha value is -1.09. The highest BCUT2D eigenvalue weighted by atomic mass is 35.5. The maximum absolute atomic E-state index is 13.6. The second kappa shape index (κ2) is 7.26. The molecule has 0 radical (unpaired) electrons. The van der Waals surface area contributed by atoms with Crippen LogP contribution in [0, 0.1) is 12.7 Å². The summed E-state index contributed by atoms with van der Waals surface area (Å²) in [5.74, 6) is -0.389. The fourth-order valence-electron chi connectivity index (χ4n) is 2.36. The lowest BCUT2D eigenvalue weighted by Gasteiger charge is -2.20. The van der Waals surface area contributed by atoms with Gasteiger partial charge in [0.15, 0.2) is 0 Å². The monoisotopic (exact) mass is 325 g/mol. The topological polar surface area (TPSA) is 12.0 Å². The number of rotatable bonds is 5. The highest BCUT2D eigenvalue weighted by Gasteiger charge is 2.15. The molecule has 1 nitrogen and oxygen atoms in total. The number of hydrogen-bond donors (Lipinski definition) is 1. The predicted octanol–water partition coefficient (Wildman–Crippen LogP) is 5.33. The summed E-state index contributed by atoms with van der Waals surface area (Å²) in [5.41, 5.74) is 3.04. The van der Waals surface area contributed by atoms with Crippen LogP contribution >= 0.6 is 23.2 Å². The van der Waals surface area contributed by atoms with Gasteiger partial charge in [0.05, 0.1) is 5.02 Å². The van der Waals surface area contributed by atoms with Crippen LogP contribution in [0.1, 0.15) is 29.7 Å². The van der Waals surface area contributed by atoms with Gasteiger partial charge in [-0.1, -0.05) is 48.3 Å². The largest absolute Gasteiger partial charge is 0.310 e. The zero-order valence-corrected chi connectivity index (χ0v) is 13.6. The van der Waals surface area contributed by atoms with Gasteiger partial charge in [-0.2, -0.15) is 0 Å². The highest BCUT2D eigenvalue weighted by Crippen LogP contribution is 2.27. The van der Waals surface area contributed by atoms with Crippen LogP contribution in [0.4, 0.5) is 4.39 Å². The SMILES string of the molecule is CCNC(Cc1ccc(Cl)c(F)c1)c1ccc(C)cc1Cl. The van der Waals surface area contributed by atoms with Crippen LogP contribution < -0.4 is 5.32 Å². The van der Waals surface area contributed by atoms with Gasteiger partial charge in [0.25, 0.3) is 0 Å². The van der Waals surface area contributed by atoms with E-state index in [4.69, 9.17) is 23.2 Å². The Morgan fingerprint density at radius 1 is 1.10 bits per heavy atom. The smallest absolute Gasteiger partial charge is 0.142 e. The number of aryl methyl sites for hydroxylation is 1. The molecule has 2 rings (SSSR count). The second-order valence-electron chi connectivity index (χ2n) is 5.09. The molecule has 21 heavy (non-hydrogen) atoms. The van der Waals surface area contributed by atoms with Crippen molar-refractivity contribution in [3.8, 4) is 0 Å². The van der Waals surface area contributed by atoms with Crippen LogP contribution in [0.5, 0.6) is 0 Å². The normalized spacial score (nSPS) is 12.4. The molecular formula is C17H18Cl2FN. The summed E-state index contributed by atoms with van der Waals surface area (Å²) < 4.78 is 13.6. The van der Waals surface area contributed by atoms with Crippen molar-refractivity contribution in [2.75, 3.05) is 6.54 Å². The minimum absolute atomic E-state index is 0.0451. The van der Waals surface area contributed by atoms with Crippen LogP contribution in [0.15, 0.2) is 36.4 Å². The van der Waals surface area contributed by atoms with Crippen LogP contribution in [-0.4, -0.2) is 6.54 Å². The zero-order chi connectivity index (χ0) is 15.4. The first-order valence-corrected chi connectivity index (χ1v) is 7.70. The molecule has 0 amide bonds. The van der Waals surface area contributed by atoms with Crippen molar-refractivity contribution >= 4 is 23.2 Å². The fourth-order valence-corrected chi connectivity index (χ4v) is 2.84. The summed E-state index contributed by atoms with van der Waals surface area (Å²) >= 11 is 12.1. The van der Waals surface area contributed by atoms with Crippen LogP contribution in [0.2, 0.25) is 10.0 Å². The first-order valence-electron chi connectivity index (χ1n) is 6.94. The highest BCUT2D eigenvalue weighted by molar-refractivity contribution is 6.31. The van der Waals surface area contributed by atoms with Crippen molar-refractivity contribution in [3.63, 3.8) is 0 Å². The maximum atomic E-state index is 13.6. The van der Waals surface area contributed by atoms with Gasteiger partial charge in [-0.25, -0.2) is 4.39 Å². The van der Waals surface area contributed by atoms with Gasteiger partial charge in [-0.3, -0.25) is 0 Å². The van der Waals surface area contributed by atoms with Gasteiger partial charge in [0, 0.05) is 11.1 Å². The number of halogens is 3. The molecule has 4 heteroatoms. The molecule has 0 fully saturated rings. The lowest BCUT2D eigenvalue weighted by molar-refractivity contribution is 0.547. The number of hydrogen-bond acceptors (Lipinski definition) is 1. The molecular weight excluding hydrogens is 308 g/mol. The van der Waals surface area contributed by atoms with Crippen LogP contribution in [0.3, 0.4) is 0 Å². The van der Waals surface area contributed by atoms with E-state index in [0.29, 0.717) is 6.42 Å². The van der Waals surface area contributed by atoms with E-state index in [1.165, 1.54) is 6.07 Å². The average molecular weight is 326 g/mol. The van der Waals surface area contributed by atoms with E-state index in [9.17, 15) is 4.39 Å². The molecule has 0 aliphatic rings.